The standard InChI is InChI=1S/C12H21NO4/c1-11(2,3)17-10(15)13-7-12(8-13)5-4-9(14)6-16-12/h9,14H,4-8H2,1-3H3. The van der Waals surface area contributed by atoms with E-state index >= 15 is 0 Å². The topological polar surface area (TPSA) is 59.0 Å². The van der Waals surface area contributed by atoms with Crippen LogP contribution in [0, 0.1) is 0 Å². The van der Waals surface area contributed by atoms with E-state index in [-0.39, 0.29) is 17.8 Å². The van der Waals surface area contributed by atoms with Crippen LogP contribution in [0.2, 0.25) is 0 Å². The normalized spacial score (nSPS) is 27.8. The first-order valence-corrected chi connectivity index (χ1v) is 6.10. The van der Waals surface area contributed by atoms with Crippen molar-refractivity contribution in [2.24, 2.45) is 0 Å². The second kappa shape index (κ2) is 4.14. The minimum absolute atomic E-state index is 0.226. The first-order valence-electron chi connectivity index (χ1n) is 6.10. The predicted octanol–water partition coefficient (Wildman–Crippen LogP) is 1.15. The summed E-state index contributed by atoms with van der Waals surface area (Å²) in [4.78, 5) is 13.4. The van der Waals surface area contributed by atoms with Crippen molar-refractivity contribution >= 4 is 6.09 Å². The molecule has 1 N–H and O–H groups in total. The van der Waals surface area contributed by atoms with Gasteiger partial charge in [-0.05, 0) is 33.6 Å². The zero-order valence-corrected chi connectivity index (χ0v) is 10.7. The van der Waals surface area contributed by atoms with Gasteiger partial charge in [-0.3, -0.25) is 0 Å². The highest BCUT2D eigenvalue weighted by Crippen LogP contribution is 2.34. The Bertz CT molecular complexity index is 294. The van der Waals surface area contributed by atoms with E-state index in [1.807, 2.05) is 20.8 Å². The average molecular weight is 243 g/mol. The van der Waals surface area contributed by atoms with Crippen LogP contribution in [-0.2, 0) is 9.47 Å². The van der Waals surface area contributed by atoms with Gasteiger partial charge < -0.3 is 19.5 Å². The molecule has 2 saturated heterocycles. The van der Waals surface area contributed by atoms with E-state index in [9.17, 15) is 9.90 Å². The number of carbonyl (C=O) groups is 1. The molecule has 1 atom stereocenters. The molecule has 2 fully saturated rings. The highest BCUT2D eigenvalue weighted by atomic mass is 16.6. The summed E-state index contributed by atoms with van der Waals surface area (Å²) in [6, 6.07) is 0. The molecule has 1 spiro atoms. The van der Waals surface area contributed by atoms with E-state index in [0.29, 0.717) is 19.7 Å². The second-order valence-electron chi connectivity index (χ2n) is 6.02. The van der Waals surface area contributed by atoms with Gasteiger partial charge in [-0.1, -0.05) is 0 Å². The van der Waals surface area contributed by atoms with Crippen molar-refractivity contribution in [3.8, 4) is 0 Å². The fourth-order valence-electron chi connectivity index (χ4n) is 2.21. The van der Waals surface area contributed by atoms with Crippen molar-refractivity contribution in [1.29, 1.82) is 0 Å². The molecule has 0 aliphatic carbocycles. The summed E-state index contributed by atoms with van der Waals surface area (Å²) in [7, 11) is 0. The first kappa shape index (κ1) is 12.6. The van der Waals surface area contributed by atoms with Gasteiger partial charge in [-0.25, -0.2) is 4.79 Å². The molecule has 0 radical (unpaired) electrons. The molecule has 2 aliphatic heterocycles. The van der Waals surface area contributed by atoms with Gasteiger partial charge in [-0.15, -0.1) is 0 Å². The van der Waals surface area contributed by atoms with Crippen LogP contribution < -0.4 is 0 Å². The van der Waals surface area contributed by atoms with Crippen LogP contribution in [0.1, 0.15) is 33.6 Å². The molecule has 5 heteroatoms. The lowest BCUT2D eigenvalue weighted by atomic mass is 9.86. The maximum atomic E-state index is 11.7. The van der Waals surface area contributed by atoms with Crippen molar-refractivity contribution in [1.82, 2.24) is 4.90 Å². The second-order valence-corrected chi connectivity index (χ2v) is 6.02. The molecule has 17 heavy (non-hydrogen) atoms. The van der Waals surface area contributed by atoms with E-state index in [2.05, 4.69) is 0 Å². The highest BCUT2D eigenvalue weighted by molar-refractivity contribution is 5.69. The van der Waals surface area contributed by atoms with Gasteiger partial charge >= 0.3 is 6.09 Å². The summed E-state index contributed by atoms with van der Waals surface area (Å²) >= 11 is 0. The summed E-state index contributed by atoms with van der Waals surface area (Å²) in [6.07, 6.45) is 0.935. The zero-order chi connectivity index (χ0) is 12.7. The van der Waals surface area contributed by atoms with Crippen molar-refractivity contribution in [2.45, 2.75) is 50.9 Å². The number of hydrogen-bond donors (Lipinski definition) is 1. The lowest BCUT2D eigenvalue weighted by molar-refractivity contribution is -0.185. The fourth-order valence-corrected chi connectivity index (χ4v) is 2.21. The third-order valence-corrected chi connectivity index (χ3v) is 3.12. The van der Waals surface area contributed by atoms with E-state index in [4.69, 9.17) is 9.47 Å². The first-order chi connectivity index (χ1) is 7.80. The maximum absolute atomic E-state index is 11.7. The number of carbonyl (C=O) groups excluding carboxylic acids is 1. The Hall–Kier alpha value is -0.810. The van der Waals surface area contributed by atoms with Crippen LogP contribution in [0.4, 0.5) is 4.79 Å². The summed E-state index contributed by atoms with van der Waals surface area (Å²) < 4.78 is 10.9. The van der Waals surface area contributed by atoms with Gasteiger partial charge in [0.25, 0.3) is 0 Å². The van der Waals surface area contributed by atoms with Gasteiger partial charge in [-0.2, -0.15) is 0 Å². The Morgan fingerprint density at radius 3 is 2.59 bits per heavy atom. The van der Waals surface area contributed by atoms with Crippen LogP contribution in [-0.4, -0.2) is 53.1 Å². The average Bonchev–Trinajstić information content (AvgIpc) is 2.13. The van der Waals surface area contributed by atoms with Gasteiger partial charge in [0, 0.05) is 0 Å². The number of amides is 1. The molecule has 5 nitrogen and oxygen atoms in total. The molecule has 98 valence electrons. The minimum atomic E-state index is -0.455. The third kappa shape index (κ3) is 2.90. The number of ether oxygens (including phenoxy) is 2. The number of nitrogens with zero attached hydrogens (tertiary/aromatic N) is 1. The molecule has 0 saturated carbocycles. The third-order valence-electron chi connectivity index (χ3n) is 3.12. The van der Waals surface area contributed by atoms with Crippen LogP contribution in [0.15, 0.2) is 0 Å². The Morgan fingerprint density at radius 1 is 1.47 bits per heavy atom. The largest absolute Gasteiger partial charge is 0.444 e. The summed E-state index contributed by atoms with van der Waals surface area (Å²) in [5.41, 5.74) is -0.681. The molecule has 2 rings (SSSR count). The summed E-state index contributed by atoms with van der Waals surface area (Å²) in [5.74, 6) is 0. The number of likely N-dealkylation sites (tertiary alicyclic amines) is 1. The van der Waals surface area contributed by atoms with E-state index in [1.54, 1.807) is 4.90 Å². The van der Waals surface area contributed by atoms with E-state index in [1.165, 1.54) is 0 Å². The fraction of sp³-hybridized carbons (Fsp3) is 0.917. The molecule has 0 aromatic carbocycles. The van der Waals surface area contributed by atoms with Crippen LogP contribution in [0.25, 0.3) is 0 Å². The Balaban J connectivity index is 1.80. The van der Waals surface area contributed by atoms with Crippen molar-refractivity contribution in [3.05, 3.63) is 0 Å². The number of aliphatic hydroxyl groups excluding tert-OH is 1. The zero-order valence-electron chi connectivity index (χ0n) is 10.7. The summed E-state index contributed by atoms with van der Waals surface area (Å²) in [6.45, 7) is 7.10. The number of aliphatic hydroxyl groups is 1. The Kier molecular flexibility index (Phi) is 3.08. The van der Waals surface area contributed by atoms with Crippen LogP contribution in [0.5, 0.6) is 0 Å². The minimum Gasteiger partial charge on any atom is -0.444 e. The van der Waals surface area contributed by atoms with E-state index in [0.717, 1.165) is 12.8 Å². The van der Waals surface area contributed by atoms with Crippen LogP contribution in [0.3, 0.4) is 0 Å². The maximum Gasteiger partial charge on any atom is 0.410 e. The van der Waals surface area contributed by atoms with Crippen molar-refractivity contribution in [3.63, 3.8) is 0 Å². The smallest absolute Gasteiger partial charge is 0.410 e. The molecule has 1 amide bonds. The van der Waals surface area contributed by atoms with Gasteiger partial charge in [0.05, 0.1) is 25.8 Å². The monoisotopic (exact) mass is 243 g/mol. The molecule has 0 aromatic rings. The molecule has 2 heterocycles. The van der Waals surface area contributed by atoms with Gasteiger partial charge in [0.1, 0.15) is 11.2 Å². The molecular weight excluding hydrogens is 222 g/mol. The number of rotatable bonds is 0. The van der Waals surface area contributed by atoms with Gasteiger partial charge in [0.2, 0.25) is 0 Å². The quantitative estimate of drug-likeness (QED) is 0.693. The predicted molar refractivity (Wildman–Crippen MR) is 61.7 cm³/mol. The van der Waals surface area contributed by atoms with Crippen LogP contribution >= 0.6 is 0 Å². The molecule has 1 unspecified atom stereocenters. The molecule has 2 aliphatic rings. The molecular formula is C12H21NO4. The van der Waals surface area contributed by atoms with Gasteiger partial charge in [0.15, 0.2) is 0 Å². The van der Waals surface area contributed by atoms with E-state index < -0.39 is 5.60 Å². The SMILES string of the molecule is CC(C)(C)OC(=O)N1CC2(CCC(O)CO2)C1. The van der Waals surface area contributed by atoms with Crippen molar-refractivity contribution in [2.75, 3.05) is 19.7 Å². The molecule has 0 bridgehead atoms. The lowest BCUT2D eigenvalue weighted by Gasteiger charge is -2.51. The lowest BCUT2D eigenvalue weighted by Crippen LogP contribution is -2.67. The number of hydrogen-bond acceptors (Lipinski definition) is 4. The summed E-state index contributed by atoms with van der Waals surface area (Å²) in [5, 5.41) is 9.36. The highest BCUT2D eigenvalue weighted by Gasteiger charge is 2.49. The Labute approximate surface area is 102 Å². The Morgan fingerprint density at radius 2 is 2.12 bits per heavy atom. The van der Waals surface area contributed by atoms with Crippen molar-refractivity contribution < 1.29 is 19.4 Å². The molecule has 0 aromatic heterocycles.